The third-order valence-corrected chi connectivity index (χ3v) is 4.29. The molecule has 2 aromatic heterocycles. The monoisotopic (exact) mass is 389 g/mol. The molecule has 0 saturated heterocycles. The summed E-state index contributed by atoms with van der Waals surface area (Å²) in [6, 6.07) is 7.10. The van der Waals surface area contributed by atoms with Gasteiger partial charge in [0.2, 0.25) is 5.82 Å². The first kappa shape index (κ1) is 19.7. The molecule has 28 heavy (non-hydrogen) atoms. The number of halogens is 2. The van der Waals surface area contributed by atoms with Gasteiger partial charge in [-0.05, 0) is 19.4 Å². The number of rotatable bonds is 7. The molecule has 0 N–H and O–H groups in total. The predicted octanol–water partition coefficient (Wildman–Crippen LogP) is 3.58. The Morgan fingerprint density at radius 1 is 1.21 bits per heavy atom. The number of nitrogens with zero attached hydrogens (tertiary/aromatic N) is 5. The van der Waals surface area contributed by atoms with Crippen LogP contribution in [0.2, 0.25) is 0 Å². The fourth-order valence-electron chi connectivity index (χ4n) is 2.72. The Balaban J connectivity index is 1.70. The minimum absolute atomic E-state index is 0.0489. The van der Waals surface area contributed by atoms with Crippen molar-refractivity contribution in [2.75, 3.05) is 13.1 Å². The number of hydrogen-bond donors (Lipinski definition) is 0. The average Bonchev–Trinajstić information content (AvgIpc) is 3.33. The van der Waals surface area contributed by atoms with E-state index in [4.69, 9.17) is 0 Å². The molecule has 0 fully saturated rings. The van der Waals surface area contributed by atoms with Crippen LogP contribution in [0.4, 0.5) is 8.78 Å². The molecule has 0 aliphatic carbocycles. The van der Waals surface area contributed by atoms with Crippen LogP contribution < -0.4 is 0 Å². The molecule has 148 valence electrons. The van der Waals surface area contributed by atoms with Gasteiger partial charge in [-0.1, -0.05) is 29.4 Å². The molecule has 0 unspecified atom stereocenters. The van der Waals surface area contributed by atoms with Crippen molar-refractivity contribution >= 4 is 5.91 Å². The van der Waals surface area contributed by atoms with Gasteiger partial charge in [0.15, 0.2) is 0 Å². The van der Waals surface area contributed by atoms with E-state index in [0.29, 0.717) is 37.7 Å². The smallest absolute Gasteiger partial charge is 0.322 e. The molecule has 0 bridgehead atoms. The Bertz CT molecular complexity index is 940. The molecule has 7 nitrogen and oxygen atoms in total. The maximum Gasteiger partial charge on any atom is 0.322 e. The lowest BCUT2D eigenvalue weighted by molar-refractivity contribution is -0.0158. The summed E-state index contributed by atoms with van der Waals surface area (Å²) in [6.07, 6.45) is 3.27. The zero-order valence-electron chi connectivity index (χ0n) is 15.9. The number of carbonyl (C=O) groups excluding carboxylic acids is 1. The van der Waals surface area contributed by atoms with Crippen molar-refractivity contribution in [3.8, 4) is 11.4 Å². The molecule has 1 amide bonds. The fraction of sp³-hybridized carbons (Fsp3) is 0.368. The minimum Gasteiger partial charge on any atom is -0.339 e. The second-order valence-corrected chi connectivity index (χ2v) is 6.41. The first-order chi connectivity index (χ1) is 13.3. The normalized spacial score (nSPS) is 11.6. The van der Waals surface area contributed by atoms with Gasteiger partial charge in [-0.25, -0.2) is 0 Å². The highest BCUT2D eigenvalue weighted by molar-refractivity contribution is 5.93. The van der Waals surface area contributed by atoms with Crippen molar-refractivity contribution in [2.45, 2.75) is 33.2 Å². The lowest BCUT2D eigenvalue weighted by Gasteiger charge is -2.17. The molecule has 3 aromatic rings. The maximum absolute atomic E-state index is 13.2. The van der Waals surface area contributed by atoms with Crippen LogP contribution in [0.25, 0.3) is 11.4 Å². The van der Waals surface area contributed by atoms with Crippen LogP contribution in [0.1, 0.15) is 42.6 Å². The lowest BCUT2D eigenvalue weighted by atomic mass is 10.1. The van der Waals surface area contributed by atoms with Gasteiger partial charge in [-0.3, -0.25) is 9.48 Å². The molecule has 2 heterocycles. The van der Waals surface area contributed by atoms with Crippen molar-refractivity contribution in [3.63, 3.8) is 0 Å². The lowest BCUT2D eigenvalue weighted by Crippen LogP contribution is -2.30. The summed E-state index contributed by atoms with van der Waals surface area (Å²) in [5.41, 5.74) is 2.04. The molecule has 3 rings (SSSR count). The summed E-state index contributed by atoms with van der Waals surface area (Å²) in [4.78, 5) is 17.8. The number of amides is 1. The van der Waals surface area contributed by atoms with E-state index < -0.39 is 11.8 Å². The summed E-state index contributed by atoms with van der Waals surface area (Å²) in [5, 5.41) is 7.84. The summed E-state index contributed by atoms with van der Waals surface area (Å²) in [6.45, 7) is 6.32. The SMILES string of the molecule is CCN(CC)C(=O)c1cnn(Cc2ccc(-c3noc(C(C)(F)F)n3)cc2)c1. The zero-order valence-corrected chi connectivity index (χ0v) is 15.9. The third-order valence-electron chi connectivity index (χ3n) is 4.29. The van der Waals surface area contributed by atoms with Crippen molar-refractivity contribution in [1.29, 1.82) is 0 Å². The Labute approximate surface area is 161 Å². The van der Waals surface area contributed by atoms with Crippen LogP contribution in [-0.2, 0) is 12.5 Å². The molecule has 0 aliphatic heterocycles. The van der Waals surface area contributed by atoms with Crippen LogP contribution in [0.5, 0.6) is 0 Å². The van der Waals surface area contributed by atoms with Crippen molar-refractivity contribution in [1.82, 2.24) is 24.8 Å². The number of aromatic nitrogens is 4. The van der Waals surface area contributed by atoms with E-state index in [1.165, 1.54) is 0 Å². The molecule has 0 spiro atoms. The minimum atomic E-state index is -3.18. The van der Waals surface area contributed by atoms with E-state index in [0.717, 1.165) is 5.56 Å². The molecular weight excluding hydrogens is 368 g/mol. The van der Waals surface area contributed by atoms with Gasteiger partial charge in [-0.2, -0.15) is 18.9 Å². The van der Waals surface area contributed by atoms with Crippen molar-refractivity contribution in [2.24, 2.45) is 0 Å². The van der Waals surface area contributed by atoms with Crippen LogP contribution in [-0.4, -0.2) is 43.8 Å². The summed E-state index contributed by atoms with van der Waals surface area (Å²) in [5.74, 6) is -3.83. The second-order valence-electron chi connectivity index (χ2n) is 6.41. The van der Waals surface area contributed by atoms with E-state index in [1.54, 1.807) is 34.1 Å². The average molecular weight is 389 g/mol. The largest absolute Gasteiger partial charge is 0.339 e. The van der Waals surface area contributed by atoms with Gasteiger partial charge in [0.25, 0.3) is 11.8 Å². The molecular formula is C19H21F2N5O2. The molecule has 9 heteroatoms. The number of carbonyl (C=O) groups is 1. The van der Waals surface area contributed by atoms with Gasteiger partial charge in [0, 0.05) is 31.8 Å². The van der Waals surface area contributed by atoms with Gasteiger partial charge in [0.05, 0.1) is 18.3 Å². The van der Waals surface area contributed by atoms with E-state index in [9.17, 15) is 13.6 Å². The van der Waals surface area contributed by atoms with Crippen LogP contribution >= 0.6 is 0 Å². The third kappa shape index (κ3) is 4.24. The number of benzene rings is 1. The predicted molar refractivity (Wildman–Crippen MR) is 97.9 cm³/mol. The van der Waals surface area contributed by atoms with E-state index >= 15 is 0 Å². The highest BCUT2D eigenvalue weighted by Gasteiger charge is 2.32. The molecule has 0 radical (unpaired) electrons. The van der Waals surface area contributed by atoms with Crippen LogP contribution in [0.15, 0.2) is 41.2 Å². The van der Waals surface area contributed by atoms with Crippen molar-refractivity contribution < 1.29 is 18.1 Å². The Hall–Kier alpha value is -3.10. The maximum atomic E-state index is 13.2. The molecule has 0 aliphatic rings. The first-order valence-corrected chi connectivity index (χ1v) is 8.94. The quantitative estimate of drug-likeness (QED) is 0.617. The Kier molecular flexibility index (Phi) is 5.53. The summed E-state index contributed by atoms with van der Waals surface area (Å²) >= 11 is 0. The highest BCUT2D eigenvalue weighted by Crippen LogP contribution is 2.27. The molecule has 0 atom stereocenters. The van der Waals surface area contributed by atoms with E-state index in [-0.39, 0.29) is 11.7 Å². The van der Waals surface area contributed by atoms with Gasteiger partial charge < -0.3 is 9.42 Å². The summed E-state index contributed by atoms with van der Waals surface area (Å²) < 4.78 is 32.7. The highest BCUT2D eigenvalue weighted by atomic mass is 19.3. The Morgan fingerprint density at radius 3 is 2.46 bits per heavy atom. The molecule has 1 aromatic carbocycles. The zero-order chi connectivity index (χ0) is 20.3. The Morgan fingerprint density at radius 2 is 1.89 bits per heavy atom. The fourth-order valence-corrected chi connectivity index (χ4v) is 2.72. The second kappa shape index (κ2) is 7.87. The van der Waals surface area contributed by atoms with E-state index in [2.05, 4.69) is 19.8 Å². The van der Waals surface area contributed by atoms with E-state index in [1.807, 2.05) is 26.0 Å². The summed E-state index contributed by atoms with van der Waals surface area (Å²) in [7, 11) is 0. The van der Waals surface area contributed by atoms with Gasteiger partial charge in [-0.15, -0.1) is 0 Å². The number of alkyl halides is 2. The number of hydrogen-bond acceptors (Lipinski definition) is 5. The standard InChI is InChI=1S/C19H21F2N5O2/c1-4-25(5-2)17(27)15-10-22-26(12-15)11-13-6-8-14(9-7-13)16-23-18(28-24-16)19(3,20)21/h6-10,12H,4-5,11H2,1-3H3. The van der Waals surface area contributed by atoms with Crippen molar-refractivity contribution in [3.05, 3.63) is 53.7 Å². The topological polar surface area (TPSA) is 77.0 Å². The van der Waals surface area contributed by atoms with Crippen LogP contribution in [0, 0.1) is 0 Å². The first-order valence-electron chi connectivity index (χ1n) is 8.94. The van der Waals surface area contributed by atoms with Gasteiger partial charge in [0.1, 0.15) is 0 Å². The van der Waals surface area contributed by atoms with Crippen LogP contribution in [0.3, 0.4) is 0 Å². The molecule has 0 saturated carbocycles. The van der Waals surface area contributed by atoms with Gasteiger partial charge >= 0.3 is 5.92 Å².